The van der Waals surface area contributed by atoms with Gasteiger partial charge in [0.1, 0.15) is 11.5 Å². The Labute approximate surface area is 268 Å². The minimum absolute atomic E-state index is 0.00888. The van der Waals surface area contributed by atoms with Crippen LogP contribution in [0.4, 0.5) is 0 Å². The minimum Gasteiger partial charge on any atom is -0.507 e. The van der Waals surface area contributed by atoms with Gasteiger partial charge in [0, 0.05) is 23.2 Å². The molecular weight excluding hydrogens is 677 g/mol. The Kier molecular flexibility index (Phi) is 14.5. The summed E-state index contributed by atoms with van der Waals surface area (Å²) in [5, 5.41) is 33.9. The molecule has 45 heavy (non-hydrogen) atoms. The molecule has 0 aliphatic heterocycles. The Morgan fingerprint density at radius 2 is 0.933 bits per heavy atom. The van der Waals surface area contributed by atoms with Gasteiger partial charge in [-0.25, -0.2) is 5.26 Å². The van der Waals surface area contributed by atoms with E-state index in [9.17, 15) is 40.0 Å². The highest BCUT2D eigenvalue weighted by atomic mass is 32.2. The molecule has 6 N–H and O–H groups in total. The van der Waals surface area contributed by atoms with Crippen LogP contribution in [0.15, 0.2) is 24.3 Å². The quantitative estimate of drug-likeness (QED) is 0.0374. The molecule has 0 saturated heterocycles. The van der Waals surface area contributed by atoms with Gasteiger partial charge < -0.3 is 10.2 Å². The molecule has 0 heterocycles. The standard InChI is InChI=1S/C27H40O14S4/c1-27(2,23-15-19(7-3-11-42-41-40-30)25(28)20(16-23)8-4-12-43(31,32)33)24-17-21(9-5-13-44(34,35)36)26(29)22(18-24)10-6-14-45(37,38)39/h15-18,28-30H,3-14H2,1-2H3,(H,31,32,33)(H,34,35,36)(H,37,38,39). The molecule has 14 nitrogen and oxygen atoms in total. The predicted molar refractivity (Wildman–Crippen MR) is 168 cm³/mol. The van der Waals surface area contributed by atoms with Crippen molar-refractivity contribution < 1.29 is 63.8 Å². The first-order chi connectivity index (χ1) is 20.7. The lowest BCUT2D eigenvalue weighted by Crippen LogP contribution is -2.21. The highest BCUT2D eigenvalue weighted by Crippen LogP contribution is 2.40. The third-order valence-corrected chi connectivity index (χ3v) is 10.3. The van der Waals surface area contributed by atoms with Gasteiger partial charge in [0.15, 0.2) is 0 Å². The SMILES string of the molecule is CC(C)(c1cc(CCCSOOO)c(O)c(CCCS(=O)(=O)O)c1)c1cc(CCCS(=O)(=O)O)c(O)c(CCCS(=O)(=O)O)c1. The maximum absolute atomic E-state index is 11.3. The average Bonchev–Trinajstić information content (AvgIpc) is 2.89. The van der Waals surface area contributed by atoms with Crippen LogP contribution in [0.5, 0.6) is 11.5 Å². The Balaban J connectivity index is 2.59. The fourth-order valence-corrected chi connectivity index (χ4v) is 6.78. The maximum Gasteiger partial charge on any atom is 0.264 e. The van der Waals surface area contributed by atoms with E-state index in [4.69, 9.17) is 14.4 Å². The monoisotopic (exact) mass is 716 g/mol. The summed E-state index contributed by atoms with van der Waals surface area (Å²) in [7, 11) is -12.7. The third kappa shape index (κ3) is 13.7. The molecular formula is C27H40O14S4. The number of benzene rings is 2. The molecule has 0 spiro atoms. The van der Waals surface area contributed by atoms with E-state index in [-0.39, 0.29) is 50.0 Å². The van der Waals surface area contributed by atoms with Gasteiger partial charge in [-0.15, -0.1) is 4.33 Å². The van der Waals surface area contributed by atoms with Crippen LogP contribution < -0.4 is 0 Å². The second-order valence-electron chi connectivity index (χ2n) is 11.1. The zero-order valence-corrected chi connectivity index (χ0v) is 28.1. The molecule has 2 rings (SSSR count). The molecule has 0 unspecified atom stereocenters. The van der Waals surface area contributed by atoms with Crippen molar-refractivity contribution in [3.05, 3.63) is 57.6 Å². The lowest BCUT2D eigenvalue weighted by molar-refractivity contribution is -0.432. The zero-order valence-electron chi connectivity index (χ0n) is 24.9. The van der Waals surface area contributed by atoms with Gasteiger partial charge in [-0.1, -0.05) is 43.2 Å². The van der Waals surface area contributed by atoms with Crippen molar-refractivity contribution in [3.8, 4) is 11.5 Å². The van der Waals surface area contributed by atoms with Crippen molar-refractivity contribution in [2.45, 2.75) is 70.6 Å². The summed E-state index contributed by atoms with van der Waals surface area (Å²) >= 11 is 0.847. The fraction of sp³-hybridized carbons (Fsp3) is 0.556. The number of hydrogen-bond acceptors (Lipinski definition) is 12. The molecule has 0 bridgehead atoms. The molecule has 0 aliphatic rings. The number of aromatic hydroxyl groups is 2. The fourth-order valence-electron chi connectivity index (χ4n) is 4.88. The van der Waals surface area contributed by atoms with E-state index in [0.717, 1.165) is 12.0 Å². The lowest BCUT2D eigenvalue weighted by atomic mass is 9.75. The first-order valence-corrected chi connectivity index (χ1v) is 19.6. The molecule has 0 aliphatic carbocycles. The summed E-state index contributed by atoms with van der Waals surface area (Å²) in [5.74, 6) is -1.41. The van der Waals surface area contributed by atoms with E-state index in [1.54, 1.807) is 24.3 Å². The summed E-state index contributed by atoms with van der Waals surface area (Å²) in [4.78, 5) is 0. The molecule has 0 amide bonds. The highest BCUT2D eigenvalue weighted by Gasteiger charge is 2.28. The minimum atomic E-state index is -4.25. The average molecular weight is 717 g/mol. The van der Waals surface area contributed by atoms with Crippen LogP contribution in [0.2, 0.25) is 0 Å². The third-order valence-electron chi connectivity index (χ3n) is 7.28. The van der Waals surface area contributed by atoms with E-state index in [1.807, 2.05) is 13.8 Å². The summed E-state index contributed by atoms with van der Waals surface area (Å²) in [6.07, 6.45) is 1.12. The van der Waals surface area contributed by atoms with Gasteiger partial charge >= 0.3 is 0 Å². The smallest absolute Gasteiger partial charge is 0.264 e. The molecule has 2 aromatic carbocycles. The van der Waals surface area contributed by atoms with E-state index in [2.05, 4.69) is 9.37 Å². The normalized spacial score (nSPS) is 12.9. The summed E-state index contributed by atoms with van der Waals surface area (Å²) < 4.78 is 99.6. The first kappa shape index (κ1) is 39.2. The van der Waals surface area contributed by atoms with Crippen molar-refractivity contribution in [1.82, 2.24) is 0 Å². The first-order valence-electron chi connectivity index (χ1n) is 13.9. The van der Waals surface area contributed by atoms with Crippen LogP contribution in [0.3, 0.4) is 0 Å². The summed E-state index contributed by atoms with van der Waals surface area (Å²) in [6, 6.07) is 6.85. The zero-order chi connectivity index (χ0) is 34.1. The van der Waals surface area contributed by atoms with Crippen molar-refractivity contribution in [1.29, 1.82) is 0 Å². The van der Waals surface area contributed by atoms with Gasteiger partial charge in [-0.2, -0.15) is 25.3 Å². The van der Waals surface area contributed by atoms with Crippen molar-refractivity contribution in [2.24, 2.45) is 0 Å². The summed E-state index contributed by atoms with van der Waals surface area (Å²) in [5.41, 5.74) is 2.19. The van der Waals surface area contributed by atoms with E-state index < -0.39 is 53.0 Å². The molecule has 2 aromatic rings. The van der Waals surface area contributed by atoms with E-state index in [0.29, 0.717) is 52.0 Å². The van der Waals surface area contributed by atoms with Crippen molar-refractivity contribution >= 4 is 42.4 Å². The number of rotatable bonds is 20. The molecule has 0 aromatic heterocycles. The van der Waals surface area contributed by atoms with Gasteiger partial charge in [0.2, 0.25) is 0 Å². The van der Waals surface area contributed by atoms with Gasteiger partial charge in [-0.3, -0.25) is 13.7 Å². The molecule has 0 atom stereocenters. The van der Waals surface area contributed by atoms with Gasteiger partial charge in [-0.05, 0) is 84.7 Å². The number of aryl methyl sites for hydroxylation is 4. The Hall–Kier alpha value is -2.00. The van der Waals surface area contributed by atoms with Crippen LogP contribution in [-0.2, 0) is 70.8 Å². The second-order valence-corrected chi connectivity index (χ2v) is 16.6. The van der Waals surface area contributed by atoms with Gasteiger partial charge in [0.05, 0.1) is 17.3 Å². The molecule has 0 radical (unpaired) electrons. The van der Waals surface area contributed by atoms with Crippen LogP contribution in [0.1, 0.15) is 72.9 Å². The largest absolute Gasteiger partial charge is 0.507 e. The van der Waals surface area contributed by atoms with Crippen molar-refractivity contribution in [3.63, 3.8) is 0 Å². The van der Waals surface area contributed by atoms with E-state index in [1.165, 1.54) is 0 Å². The lowest BCUT2D eigenvalue weighted by Gasteiger charge is -2.30. The maximum atomic E-state index is 11.3. The van der Waals surface area contributed by atoms with Crippen LogP contribution >= 0.6 is 12.0 Å². The number of phenolic OH excluding ortho intramolecular Hbond substituents is 2. The summed E-state index contributed by atoms with van der Waals surface area (Å²) in [6.45, 7) is 3.73. The Morgan fingerprint density at radius 1 is 0.622 bits per heavy atom. The predicted octanol–water partition coefficient (Wildman–Crippen LogP) is 3.89. The molecule has 0 saturated carbocycles. The molecule has 256 valence electrons. The Bertz CT molecular complexity index is 1560. The van der Waals surface area contributed by atoms with Gasteiger partial charge in [0.25, 0.3) is 30.4 Å². The van der Waals surface area contributed by atoms with Crippen molar-refractivity contribution in [2.75, 3.05) is 23.0 Å². The molecule has 0 fully saturated rings. The van der Waals surface area contributed by atoms with Crippen LogP contribution in [0.25, 0.3) is 0 Å². The number of phenols is 2. The molecule has 18 heteroatoms. The number of hydrogen-bond donors (Lipinski definition) is 6. The van der Waals surface area contributed by atoms with E-state index >= 15 is 0 Å². The Morgan fingerprint density at radius 3 is 1.22 bits per heavy atom. The van der Waals surface area contributed by atoms with Crippen LogP contribution in [-0.4, -0.2) is 77.4 Å². The van der Waals surface area contributed by atoms with Crippen LogP contribution in [0, 0.1) is 0 Å². The second kappa shape index (κ2) is 16.7. The topological polar surface area (TPSA) is 242 Å². The highest BCUT2D eigenvalue weighted by molar-refractivity contribution is 7.94.